The number of piperidine rings is 1. The van der Waals surface area contributed by atoms with E-state index in [1.807, 2.05) is 6.07 Å². The monoisotopic (exact) mass is 357 g/mol. The highest BCUT2D eigenvalue weighted by molar-refractivity contribution is 7.92. The van der Waals surface area contributed by atoms with Gasteiger partial charge in [0.1, 0.15) is 10.7 Å². The molecule has 2 aromatic rings. The highest BCUT2D eigenvalue weighted by Gasteiger charge is 2.40. The lowest BCUT2D eigenvalue weighted by Crippen LogP contribution is -2.38. The molecule has 6 rings (SSSR count). The van der Waals surface area contributed by atoms with Gasteiger partial charge in [0.15, 0.2) is 0 Å². The summed E-state index contributed by atoms with van der Waals surface area (Å²) in [7, 11) is -3.79. The van der Waals surface area contributed by atoms with Crippen molar-refractivity contribution < 1.29 is 12.8 Å². The molecule has 2 aromatic carbocycles. The van der Waals surface area contributed by atoms with E-state index >= 15 is 0 Å². The third-order valence-electron chi connectivity index (χ3n) is 5.77. The van der Waals surface area contributed by atoms with E-state index in [-0.39, 0.29) is 9.79 Å². The summed E-state index contributed by atoms with van der Waals surface area (Å²) in [5, 5.41) is 0. The second-order valence-corrected chi connectivity index (χ2v) is 8.89. The van der Waals surface area contributed by atoms with E-state index in [4.69, 9.17) is 0 Å². The molecule has 4 nitrogen and oxygen atoms in total. The van der Waals surface area contributed by atoms with Gasteiger partial charge in [-0.2, -0.15) is 0 Å². The molecule has 0 amide bonds. The Morgan fingerprint density at radius 3 is 2.52 bits per heavy atom. The summed E-state index contributed by atoms with van der Waals surface area (Å²) in [4.78, 5) is 4.83. The zero-order valence-electron chi connectivity index (χ0n) is 13.8. The molecular weight excluding hydrogens is 338 g/mol. The predicted molar refractivity (Wildman–Crippen MR) is 94.1 cm³/mol. The van der Waals surface area contributed by atoms with Crippen LogP contribution < -0.4 is 4.90 Å². The van der Waals surface area contributed by atoms with Gasteiger partial charge < -0.3 is 9.80 Å². The smallest absolute Gasteiger partial charge is 0.210 e. The number of nitrogens with zero attached hydrogens (tertiary/aromatic N) is 2. The van der Waals surface area contributed by atoms with Gasteiger partial charge in [0.05, 0.1) is 4.90 Å². The molecule has 0 radical (unpaired) electrons. The average molecular weight is 357 g/mol. The van der Waals surface area contributed by atoms with Crippen LogP contribution in [-0.4, -0.2) is 45.5 Å². The molecule has 25 heavy (non-hydrogen) atoms. The molecule has 2 bridgehead atoms. The van der Waals surface area contributed by atoms with Crippen molar-refractivity contribution in [1.29, 1.82) is 0 Å². The minimum absolute atomic E-state index is 0.148. The number of rotatable bonds is 1. The Balaban J connectivity index is 1.76. The zero-order valence-corrected chi connectivity index (χ0v) is 14.6. The number of benzene rings is 2. The topological polar surface area (TPSA) is 40.6 Å². The fourth-order valence-corrected chi connectivity index (χ4v) is 6.28. The number of fused-ring (bicyclic) bond motifs is 7. The largest absolute Gasteiger partial charge is 0.367 e. The summed E-state index contributed by atoms with van der Waals surface area (Å²) in [6, 6.07) is 10.4. The van der Waals surface area contributed by atoms with Crippen LogP contribution in [0.15, 0.2) is 46.2 Å². The quantitative estimate of drug-likeness (QED) is 0.671. The highest BCUT2D eigenvalue weighted by atomic mass is 32.2. The van der Waals surface area contributed by atoms with Crippen molar-refractivity contribution in [3.8, 4) is 11.1 Å². The van der Waals surface area contributed by atoms with Gasteiger partial charge >= 0.3 is 0 Å². The minimum atomic E-state index is -3.79. The number of halogens is 1. The van der Waals surface area contributed by atoms with Gasteiger partial charge in [-0.3, -0.25) is 0 Å². The molecule has 3 fully saturated rings. The summed E-state index contributed by atoms with van der Waals surface area (Å²) in [5.41, 5.74) is 2.04. The Morgan fingerprint density at radius 1 is 0.960 bits per heavy atom. The summed E-state index contributed by atoms with van der Waals surface area (Å²) >= 11 is 0. The van der Waals surface area contributed by atoms with Crippen LogP contribution in [0.4, 0.5) is 10.1 Å². The lowest BCUT2D eigenvalue weighted by Gasteiger charge is -2.34. The van der Waals surface area contributed by atoms with E-state index in [1.165, 1.54) is 6.07 Å². The Bertz CT molecular complexity index is 965. The summed E-state index contributed by atoms with van der Waals surface area (Å²) < 4.78 is 40.3. The molecule has 0 N–H and O–H groups in total. The molecule has 4 heterocycles. The lowest BCUT2D eigenvalue weighted by molar-refractivity contribution is 0.250. The minimum Gasteiger partial charge on any atom is -0.367 e. The molecular formula is C19H19FN2O2S. The van der Waals surface area contributed by atoms with Crippen molar-refractivity contribution >= 4 is 15.5 Å². The third-order valence-corrected chi connectivity index (χ3v) is 7.64. The molecule has 4 aliphatic rings. The molecule has 0 aromatic heterocycles. The predicted octanol–water partition coefficient (Wildman–Crippen LogP) is 2.92. The first-order chi connectivity index (χ1) is 12.1. The van der Waals surface area contributed by atoms with E-state index in [0.29, 0.717) is 17.2 Å². The van der Waals surface area contributed by atoms with Crippen LogP contribution in [0.5, 0.6) is 0 Å². The molecule has 0 aliphatic carbocycles. The van der Waals surface area contributed by atoms with Gasteiger partial charge in [-0.15, -0.1) is 0 Å². The van der Waals surface area contributed by atoms with Crippen LogP contribution in [0.2, 0.25) is 0 Å². The Kier molecular flexibility index (Phi) is 3.24. The Hall–Kier alpha value is -1.92. The van der Waals surface area contributed by atoms with Crippen molar-refractivity contribution in [2.45, 2.75) is 28.7 Å². The van der Waals surface area contributed by atoms with Crippen LogP contribution >= 0.6 is 0 Å². The van der Waals surface area contributed by atoms with E-state index < -0.39 is 15.7 Å². The first-order valence-corrected chi connectivity index (χ1v) is 10.2. The number of sulfone groups is 1. The van der Waals surface area contributed by atoms with Gasteiger partial charge in [-0.25, -0.2) is 12.8 Å². The number of anilines is 1. The molecule has 0 unspecified atom stereocenters. The fraction of sp³-hybridized carbons (Fsp3) is 0.368. The molecule has 4 aliphatic heterocycles. The van der Waals surface area contributed by atoms with Crippen LogP contribution in [0, 0.1) is 5.82 Å². The second kappa shape index (κ2) is 5.29. The first-order valence-electron chi connectivity index (χ1n) is 8.73. The maximum absolute atomic E-state index is 14.6. The lowest BCUT2D eigenvalue weighted by atomic mass is 9.99. The van der Waals surface area contributed by atoms with Crippen molar-refractivity contribution in [2.24, 2.45) is 0 Å². The zero-order chi connectivity index (χ0) is 17.2. The van der Waals surface area contributed by atoms with Gasteiger partial charge in [0, 0.05) is 49.0 Å². The SMILES string of the molecule is O=S1(=O)c2ccccc2-c2c(N3CCN4CCC3CC4)ccc([18F])c21. The molecule has 3 saturated heterocycles. The third kappa shape index (κ3) is 2.10. The first kappa shape index (κ1) is 15.3. The van der Waals surface area contributed by atoms with E-state index in [1.54, 1.807) is 24.3 Å². The average Bonchev–Trinajstić information content (AvgIpc) is 2.81. The molecule has 0 atom stereocenters. The second-order valence-electron chi connectivity index (χ2n) is 7.04. The van der Waals surface area contributed by atoms with Crippen molar-refractivity contribution in [3.63, 3.8) is 0 Å². The van der Waals surface area contributed by atoms with E-state index in [9.17, 15) is 12.8 Å². The molecule has 130 valence electrons. The van der Waals surface area contributed by atoms with Crippen molar-refractivity contribution in [1.82, 2.24) is 4.90 Å². The fourth-order valence-electron chi connectivity index (χ4n) is 4.53. The summed E-state index contributed by atoms with van der Waals surface area (Å²) in [6.45, 7) is 3.99. The van der Waals surface area contributed by atoms with E-state index in [2.05, 4.69) is 9.80 Å². The number of hydrogen-bond acceptors (Lipinski definition) is 4. The number of hydrogen-bond donors (Lipinski definition) is 0. The Morgan fingerprint density at radius 2 is 1.72 bits per heavy atom. The summed E-state index contributed by atoms with van der Waals surface area (Å²) in [6.07, 6.45) is 2.14. The van der Waals surface area contributed by atoms with Gasteiger partial charge in [-0.1, -0.05) is 18.2 Å². The van der Waals surface area contributed by atoms with Crippen molar-refractivity contribution in [2.75, 3.05) is 31.1 Å². The highest BCUT2D eigenvalue weighted by Crippen LogP contribution is 2.49. The molecule has 0 spiro atoms. The standard InChI is InChI=1S/C19H19FN2O2S/c20-15-5-6-16(22-12-11-21-9-7-13(22)8-10-21)18-14-3-1-2-4-17(14)25(23,24)19(15)18/h1-6,13H,7-12H2/i20-1. The maximum atomic E-state index is 14.6. The molecule has 6 heteroatoms. The van der Waals surface area contributed by atoms with Gasteiger partial charge in [-0.05, 0) is 31.0 Å². The normalized spacial score (nSPS) is 26.2. The Labute approximate surface area is 146 Å². The van der Waals surface area contributed by atoms with E-state index in [0.717, 1.165) is 44.7 Å². The van der Waals surface area contributed by atoms with Gasteiger partial charge in [0.25, 0.3) is 0 Å². The summed E-state index contributed by atoms with van der Waals surface area (Å²) in [5.74, 6) is -0.655. The maximum Gasteiger partial charge on any atom is 0.210 e. The van der Waals surface area contributed by atoms with Crippen LogP contribution in [0.1, 0.15) is 12.8 Å². The van der Waals surface area contributed by atoms with Crippen molar-refractivity contribution in [3.05, 3.63) is 42.2 Å². The van der Waals surface area contributed by atoms with Crippen LogP contribution in [0.3, 0.4) is 0 Å². The molecule has 0 saturated carbocycles. The van der Waals surface area contributed by atoms with Crippen LogP contribution in [-0.2, 0) is 9.84 Å². The van der Waals surface area contributed by atoms with Gasteiger partial charge in [0.2, 0.25) is 9.84 Å². The van der Waals surface area contributed by atoms with Crippen LogP contribution in [0.25, 0.3) is 11.1 Å².